The molecule has 0 saturated heterocycles. The van der Waals surface area contributed by atoms with Crippen LogP contribution in [0.25, 0.3) is 15.9 Å². The van der Waals surface area contributed by atoms with E-state index in [9.17, 15) is 0 Å². The summed E-state index contributed by atoms with van der Waals surface area (Å²) in [6.45, 7) is 7.32. The van der Waals surface area contributed by atoms with E-state index in [4.69, 9.17) is 10.5 Å². The number of thioether (sulfide) groups is 1. The number of nitrogens with zero attached hydrogens (tertiary/aromatic N) is 2. The fraction of sp³-hybridized carbons (Fsp3) is 0.286. The Morgan fingerprint density at radius 1 is 1.22 bits per heavy atom. The third-order valence-electron chi connectivity index (χ3n) is 4.42. The highest BCUT2D eigenvalue weighted by Gasteiger charge is 2.24. The highest BCUT2D eigenvalue weighted by molar-refractivity contribution is 8.00. The Kier molecular flexibility index (Phi) is 4.56. The third-order valence-corrected chi connectivity index (χ3v) is 6.38. The van der Waals surface area contributed by atoms with Gasteiger partial charge in [0.2, 0.25) is 0 Å². The zero-order chi connectivity index (χ0) is 19.2. The summed E-state index contributed by atoms with van der Waals surface area (Å²) >= 11 is 3.45. The molecule has 0 fully saturated rings. The van der Waals surface area contributed by atoms with E-state index in [0.29, 0.717) is 0 Å². The van der Waals surface area contributed by atoms with Crippen molar-refractivity contribution in [2.24, 2.45) is 5.73 Å². The SMILES string of the molecule is COc1cc2c(cc1SC(C)(C)C)C(N)=CCN2c1ccc2scnc2c1. The topological polar surface area (TPSA) is 51.4 Å². The number of benzene rings is 2. The van der Waals surface area contributed by atoms with Gasteiger partial charge in [-0.05, 0) is 30.3 Å². The van der Waals surface area contributed by atoms with Crippen LogP contribution in [0, 0.1) is 0 Å². The van der Waals surface area contributed by atoms with Crippen LogP contribution in [0.2, 0.25) is 0 Å². The van der Waals surface area contributed by atoms with Gasteiger partial charge in [-0.25, -0.2) is 4.98 Å². The molecule has 0 saturated carbocycles. The van der Waals surface area contributed by atoms with Gasteiger partial charge < -0.3 is 15.4 Å². The summed E-state index contributed by atoms with van der Waals surface area (Å²) in [5, 5.41) is 0. The Morgan fingerprint density at radius 2 is 2.04 bits per heavy atom. The number of anilines is 2. The van der Waals surface area contributed by atoms with Crippen LogP contribution in [-0.2, 0) is 0 Å². The smallest absolute Gasteiger partial charge is 0.134 e. The standard InChI is InChI=1S/C21H23N3OS2/c1-21(2,3)27-20-10-14-15(22)7-8-24(17(14)11-18(20)25-4)13-5-6-19-16(9-13)23-12-26-19/h5-7,9-12H,8,22H2,1-4H3. The summed E-state index contributed by atoms with van der Waals surface area (Å²) in [5.74, 6) is 0.878. The van der Waals surface area contributed by atoms with E-state index >= 15 is 0 Å². The Hall–Kier alpha value is -2.18. The minimum absolute atomic E-state index is 0.0873. The average molecular weight is 398 g/mol. The van der Waals surface area contributed by atoms with Gasteiger partial charge in [0.1, 0.15) is 5.75 Å². The maximum Gasteiger partial charge on any atom is 0.134 e. The first-order valence-electron chi connectivity index (χ1n) is 8.83. The maximum absolute atomic E-state index is 6.36. The minimum atomic E-state index is 0.0873. The van der Waals surface area contributed by atoms with Gasteiger partial charge in [-0.2, -0.15) is 0 Å². The summed E-state index contributed by atoms with van der Waals surface area (Å²) in [5.41, 5.74) is 13.3. The molecule has 1 aliphatic rings. The molecule has 2 N–H and O–H groups in total. The average Bonchev–Trinajstić information content (AvgIpc) is 3.08. The first kappa shape index (κ1) is 18.2. The lowest BCUT2D eigenvalue weighted by atomic mass is 10.0. The number of methoxy groups -OCH3 is 1. The molecule has 1 aliphatic heterocycles. The van der Waals surface area contributed by atoms with E-state index < -0.39 is 0 Å². The Morgan fingerprint density at radius 3 is 2.78 bits per heavy atom. The van der Waals surface area contributed by atoms with E-state index in [1.54, 1.807) is 30.2 Å². The fourth-order valence-electron chi connectivity index (χ4n) is 3.23. The predicted molar refractivity (Wildman–Crippen MR) is 117 cm³/mol. The molecule has 4 nitrogen and oxygen atoms in total. The van der Waals surface area contributed by atoms with E-state index in [1.165, 1.54) is 4.70 Å². The van der Waals surface area contributed by atoms with E-state index in [2.05, 4.69) is 67.1 Å². The Labute approximate surface area is 168 Å². The van der Waals surface area contributed by atoms with Crippen molar-refractivity contribution in [3.05, 3.63) is 47.5 Å². The lowest BCUT2D eigenvalue weighted by Gasteiger charge is -2.31. The van der Waals surface area contributed by atoms with Crippen molar-refractivity contribution in [2.75, 3.05) is 18.6 Å². The number of nitrogens with two attached hydrogens (primary N) is 1. The molecule has 0 aliphatic carbocycles. The first-order valence-corrected chi connectivity index (χ1v) is 10.5. The van der Waals surface area contributed by atoms with E-state index in [0.717, 1.165) is 45.3 Å². The maximum atomic E-state index is 6.36. The highest BCUT2D eigenvalue weighted by atomic mass is 32.2. The molecule has 2 heterocycles. The van der Waals surface area contributed by atoms with Gasteiger partial charge >= 0.3 is 0 Å². The van der Waals surface area contributed by atoms with Crippen LogP contribution in [0.3, 0.4) is 0 Å². The van der Waals surface area contributed by atoms with Gasteiger partial charge in [0.25, 0.3) is 0 Å². The lowest BCUT2D eigenvalue weighted by molar-refractivity contribution is 0.404. The van der Waals surface area contributed by atoms with Crippen molar-refractivity contribution >= 4 is 50.4 Å². The van der Waals surface area contributed by atoms with E-state index in [1.807, 2.05) is 5.51 Å². The fourth-order valence-corrected chi connectivity index (χ4v) is 4.97. The van der Waals surface area contributed by atoms with Crippen molar-refractivity contribution in [3.8, 4) is 5.75 Å². The molecule has 0 spiro atoms. The molecule has 0 bridgehead atoms. The Bertz CT molecular complexity index is 1030. The van der Waals surface area contributed by atoms with Crippen LogP contribution in [0.4, 0.5) is 11.4 Å². The Balaban J connectivity index is 1.83. The van der Waals surface area contributed by atoms with Crippen LogP contribution < -0.4 is 15.4 Å². The molecule has 4 rings (SSSR count). The van der Waals surface area contributed by atoms with Gasteiger partial charge in [0, 0.05) is 34.3 Å². The van der Waals surface area contributed by atoms with Crippen molar-refractivity contribution in [3.63, 3.8) is 0 Å². The zero-order valence-corrected chi connectivity index (χ0v) is 17.6. The molecule has 2 aromatic carbocycles. The molecule has 3 aromatic rings. The molecule has 0 unspecified atom stereocenters. The van der Waals surface area contributed by atoms with Gasteiger partial charge in [-0.15, -0.1) is 23.1 Å². The van der Waals surface area contributed by atoms with Crippen molar-refractivity contribution in [2.45, 2.75) is 30.4 Å². The van der Waals surface area contributed by atoms with Gasteiger partial charge in [0.15, 0.2) is 0 Å². The van der Waals surface area contributed by atoms with Crippen molar-refractivity contribution < 1.29 is 4.74 Å². The molecule has 0 amide bonds. The number of hydrogen-bond donors (Lipinski definition) is 1. The third kappa shape index (κ3) is 3.51. The first-order chi connectivity index (χ1) is 12.9. The number of aromatic nitrogens is 1. The largest absolute Gasteiger partial charge is 0.496 e. The molecule has 6 heteroatoms. The molecule has 0 atom stereocenters. The quantitative estimate of drug-likeness (QED) is 0.579. The number of hydrogen-bond acceptors (Lipinski definition) is 6. The predicted octanol–water partition coefficient (Wildman–Crippen LogP) is 5.65. The molecule has 0 radical (unpaired) electrons. The van der Waals surface area contributed by atoms with Crippen LogP contribution >= 0.6 is 23.1 Å². The second kappa shape index (κ2) is 6.77. The molecular weight excluding hydrogens is 374 g/mol. The second-order valence-corrected chi connectivity index (χ2v) is 10.3. The molecule has 1 aromatic heterocycles. The summed E-state index contributed by atoms with van der Waals surface area (Å²) in [4.78, 5) is 7.83. The summed E-state index contributed by atoms with van der Waals surface area (Å²) in [6, 6.07) is 10.7. The number of rotatable bonds is 3. The monoisotopic (exact) mass is 397 g/mol. The van der Waals surface area contributed by atoms with Gasteiger partial charge in [0.05, 0.1) is 33.4 Å². The highest BCUT2D eigenvalue weighted by Crippen LogP contribution is 2.45. The van der Waals surface area contributed by atoms with Gasteiger partial charge in [-0.1, -0.05) is 20.8 Å². The normalized spacial score (nSPS) is 14.2. The zero-order valence-electron chi connectivity index (χ0n) is 15.9. The molecular formula is C21H23N3OS2. The van der Waals surface area contributed by atoms with Gasteiger partial charge in [-0.3, -0.25) is 0 Å². The number of ether oxygens (including phenoxy) is 1. The van der Waals surface area contributed by atoms with E-state index in [-0.39, 0.29) is 4.75 Å². The van der Waals surface area contributed by atoms with Crippen molar-refractivity contribution in [1.82, 2.24) is 4.98 Å². The van der Waals surface area contributed by atoms with Crippen LogP contribution in [0.5, 0.6) is 5.75 Å². The molecule has 27 heavy (non-hydrogen) atoms. The summed E-state index contributed by atoms with van der Waals surface area (Å²) in [6.07, 6.45) is 2.07. The second-order valence-electron chi connectivity index (χ2n) is 7.51. The lowest BCUT2D eigenvalue weighted by Crippen LogP contribution is -2.24. The van der Waals surface area contributed by atoms with Crippen LogP contribution in [0.1, 0.15) is 26.3 Å². The summed E-state index contributed by atoms with van der Waals surface area (Å²) in [7, 11) is 1.72. The summed E-state index contributed by atoms with van der Waals surface area (Å²) < 4.78 is 7.00. The number of thiazole rings is 1. The molecule has 140 valence electrons. The van der Waals surface area contributed by atoms with Crippen LogP contribution in [-0.4, -0.2) is 23.4 Å². The van der Waals surface area contributed by atoms with Crippen LogP contribution in [0.15, 0.2) is 46.8 Å². The minimum Gasteiger partial charge on any atom is -0.496 e. The van der Waals surface area contributed by atoms with Crippen molar-refractivity contribution in [1.29, 1.82) is 0 Å². The number of fused-ring (bicyclic) bond motifs is 2.